The van der Waals surface area contributed by atoms with Crippen molar-refractivity contribution >= 4 is 45.3 Å². The van der Waals surface area contributed by atoms with Crippen LogP contribution in [0.3, 0.4) is 0 Å². The highest BCUT2D eigenvalue weighted by molar-refractivity contribution is 9.10. The zero-order valence-corrected chi connectivity index (χ0v) is 13.1. The molecule has 1 atom stereocenters. The molecule has 0 aliphatic heterocycles. The fourth-order valence-corrected chi connectivity index (χ4v) is 2.37. The van der Waals surface area contributed by atoms with Crippen LogP contribution in [0.5, 0.6) is 0 Å². The first-order valence-corrected chi connectivity index (χ1v) is 7.55. The molecule has 3 N–H and O–H groups in total. The number of ether oxygens (including phenoxy) is 1. The predicted octanol–water partition coefficient (Wildman–Crippen LogP) is 1.76. The second kappa shape index (κ2) is 8.23. The Morgan fingerprint density at radius 1 is 1.55 bits per heavy atom. The van der Waals surface area contributed by atoms with Crippen LogP contribution in [0.4, 0.5) is 10.1 Å². The van der Waals surface area contributed by atoms with Gasteiger partial charge in [0.1, 0.15) is 11.9 Å². The number of halogens is 2. The van der Waals surface area contributed by atoms with E-state index >= 15 is 0 Å². The van der Waals surface area contributed by atoms with Crippen molar-refractivity contribution in [3.8, 4) is 0 Å². The molecule has 1 unspecified atom stereocenters. The van der Waals surface area contributed by atoms with Crippen LogP contribution in [0.15, 0.2) is 22.7 Å². The number of hydrogen-bond donors (Lipinski definition) is 2. The van der Waals surface area contributed by atoms with Gasteiger partial charge in [0.15, 0.2) is 0 Å². The standard InChI is InChI=1S/C12H14BrFN2O3S/c1-19-12(18)9(15)5-20-6-11(17)16-10-3-2-7(13)4-8(10)14/h2-4,9H,5-6,15H2,1H3,(H,16,17). The maximum atomic E-state index is 13.5. The lowest BCUT2D eigenvalue weighted by atomic mass is 10.3. The monoisotopic (exact) mass is 364 g/mol. The van der Waals surface area contributed by atoms with Crippen molar-refractivity contribution in [3.63, 3.8) is 0 Å². The lowest BCUT2D eigenvalue weighted by molar-refractivity contribution is -0.141. The number of hydrogen-bond acceptors (Lipinski definition) is 5. The number of carbonyl (C=O) groups excluding carboxylic acids is 2. The Balaban J connectivity index is 2.39. The zero-order chi connectivity index (χ0) is 15.1. The molecule has 0 radical (unpaired) electrons. The van der Waals surface area contributed by atoms with Crippen molar-refractivity contribution in [1.82, 2.24) is 0 Å². The Kier molecular flexibility index (Phi) is 6.97. The minimum absolute atomic E-state index is 0.0696. The van der Waals surface area contributed by atoms with Crippen LogP contribution < -0.4 is 11.1 Å². The number of nitrogens with two attached hydrogens (primary N) is 1. The van der Waals surface area contributed by atoms with E-state index in [1.807, 2.05) is 0 Å². The van der Waals surface area contributed by atoms with Crippen LogP contribution in [0, 0.1) is 5.82 Å². The first kappa shape index (κ1) is 16.9. The predicted molar refractivity (Wildman–Crippen MR) is 80.0 cm³/mol. The van der Waals surface area contributed by atoms with Gasteiger partial charge in [0.25, 0.3) is 0 Å². The van der Waals surface area contributed by atoms with E-state index in [0.717, 1.165) is 0 Å². The molecule has 20 heavy (non-hydrogen) atoms. The van der Waals surface area contributed by atoms with Crippen LogP contribution in [0.1, 0.15) is 0 Å². The van der Waals surface area contributed by atoms with Gasteiger partial charge in [-0.05, 0) is 18.2 Å². The molecule has 0 bridgehead atoms. The largest absolute Gasteiger partial charge is 0.468 e. The normalized spacial score (nSPS) is 11.8. The first-order valence-electron chi connectivity index (χ1n) is 5.60. The molecular weight excluding hydrogens is 351 g/mol. The van der Waals surface area contributed by atoms with E-state index in [0.29, 0.717) is 4.47 Å². The highest BCUT2D eigenvalue weighted by Crippen LogP contribution is 2.19. The first-order chi connectivity index (χ1) is 9.43. The third kappa shape index (κ3) is 5.48. The summed E-state index contributed by atoms with van der Waals surface area (Å²) in [7, 11) is 1.25. The summed E-state index contributed by atoms with van der Waals surface area (Å²) in [4.78, 5) is 22.6. The highest BCUT2D eigenvalue weighted by atomic mass is 79.9. The van der Waals surface area contributed by atoms with Gasteiger partial charge >= 0.3 is 5.97 Å². The van der Waals surface area contributed by atoms with Gasteiger partial charge in [-0.2, -0.15) is 0 Å². The third-order valence-corrected chi connectivity index (χ3v) is 3.79. The number of amides is 1. The number of anilines is 1. The Bertz CT molecular complexity index is 502. The Morgan fingerprint density at radius 3 is 2.85 bits per heavy atom. The van der Waals surface area contributed by atoms with E-state index in [1.165, 1.54) is 31.0 Å². The van der Waals surface area contributed by atoms with E-state index < -0.39 is 17.8 Å². The van der Waals surface area contributed by atoms with Crippen LogP contribution >= 0.6 is 27.7 Å². The molecule has 1 amide bonds. The molecule has 5 nitrogen and oxygen atoms in total. The second-order valence-electron chi connectivity index (χ2n) is 3.82. The lowest BCUT2D eigenvalue weighted by Crippen LogP contribution is -2.34. The van der Waals surface area contributed by atoms with Crippen molar-refractivity contribution in [2.24, 2.45) is 5.73 Å². The fraction of sp³-hybridized carbons (Fsp3) is 0.333. The highest BCUT2D eigenvalue weighted by Gasteiger charge is 2.14. The van der Waals surface area contributed by atoms with Crippen molar-refractivity contribution in [1.29, 1.82) is 0 Å². The van der Waals surface area contributed by atoms with Crippen molar-refractivity contribution in [3.05, 3.63) is 28.5 Å². The molecule has 0 aromatic heterocycles. The summed E-state index contributed by atoms with van der Waals surface area (Å²) in [5.41, 5.74) is 5.62. The average molecular weight is 365 g/mol. The van der Waals surface area contributed by atoms with Gasteiger partial charge in [-0.1, -0.05) is 15.9 Å². The molecule has 1 aromatic rings. The minimum atomic E-state index is -0.776. The van der Waals surface area contributed by atoms with Gasteiger partial charge in [0, 0.05) is 10.2 Å². The van der Waals surface area contributed by atoms with E-state index in [2.05, 4.69) is 26.0 Å². The van der Waals surface area contributed by atoms with Gasteiger partial charge in [-0.3, -0.25) is 9.59 Å². The molecule has 0 aliphatic rings. The Labute approximate surface area is 128 Å². The number of thioether (sulfide) groups is 1. The van der Waals surface area contributed by atoms with Crippen molar-refractivity contribution in [2.45, 2.75) is 6.04 Å². The van der Waals surface area contributed by atoms with Crippen LogP contribution in [0.2, 0.25) is 0 Å². The molecule has 0 heterocycles. The molecule has 8 heteroatoms. The molecule has 0 fully saturated rings. The summed E-state index contributed by atoms with van der Waals surface area (Å²) >= 11 is 4.30. The van der Waals surface area contributed by atoms with Crippen LogP contribution in [0.25, 0.3) is 0 Å². The maximum absolute atomic E-state index is 13.5. The Hall–Kier alpha value is -1.12. The molecule has 1 aromatic carbocycles. The van der Waals surface area contributed by atoms with Crippen LogP contribution in [-0.4, -0.2) is 36.5 Å². The number of esters is 1. The lowest BCUT2D eigenvalue weighted by Gasteiger charge is -2.09. The summed E-state index contributed by atoms with van der Waals surface area (Å²) < 4.78 is 18.5. The van der Waals surface area contributed by atoms with Gasteiger partial charge in [0.2, 0.25) is 5.91 Å². The van der Waals surface area contributed by atoms with Crippen molar-refractivity contribution in [2.75, 3.05) is 23.9 Å². The van der Waals surface area contributed by atoms with E-state index in [-0.39, 0.29) is 23.1 Å². The molecular formula is C12H14BrFN2O3S. The average Bonchev–Trinajstić information content (AvgIpc) is 2.41. The number of nitrogens with one attached hydrogen (secondary N) is 1. The molecule has 0 saturated heterocycles. The van der Waals surface area contributed by atoms with Gasteiger partial charge in [0.05, 0.1) is 18.6 Å². The molecule has 0 spiro atoms. The fourth-order valence-electron chi connectivity index (χ4n) is 1.28. The van der Waals surface area contributed by atoms with E-state index in [1.54, 1.807) is 6.07 Å². The number of methoxy groups -OCH3 is 1. The van der Waals surface area contributed by atoms with Gasteiger partial charge in [-0.25, -0.2) is 4.39 Å². The second-order valence-corrected chi connectivity index (χ2v) is 5.76. The molecule has 0 saturated carbocycles. The van der Waals surface area contributed by atoms with E-state index in [4.69, 9.17) is 5.73 Å². The van der Waals surface area contributed by atoms with Gasteiger partial charge in [-0.15, -0.1) is 11.8 Å². The van der Waals surface area contributed by atoms with Gasteiger partial charge < -0.3 is 15.8 Å². The summed E-state index contributed by atoms with van der Waals surface area (Å²) in [5, 5.41) is 2.44. The molecule has 1 rings (SSSR count). The zero-order valence-electron chi connectivity index (χ0n) is 10.7. The Morgan fingerprint density at radius 2 is 2.25 bits per heavy atom. The number of rotatable bonds is 6. The molecule has 110 valence electrons. The number of benzene rings is 1. The summed E-state index contributed by atoms with van der Waals surface area (Å²) in [6.07, 6.45) is 0. The maximum Gasteiger partial charge on any atom is 0.323 e. The summed E-state index contributed by atoms with van der Waals surface area (Å²) in [6.45, 7) is 0. The quantitative estimate of drug-likeness (QED) is 0.751. The molecule has 0 aliphatic carbocycles. The van der Waals surface area contributed by atoms with Crippen molar-refractivity contribution < 1.29 is 18.7 Å². The summed E-state index contributed by atoms with van der Waals surface area (Å²) in [5.74, 6) is -1.10. The smallest absolute Gasteiger partial charge is 0.323 e. The van der Waals surface area contributed by atoms with E-state index in [9.17, 15) is 14.0 Å². The minimum Gasteiger partial charge on any atom is -0.468 e. The topological polar surface area (TPSA) is 81.4 Å². The number of carbonyl (C=O) groups is 2. The summed E-state index contributed by atoms with van der Waals surface area (Å²) in [6, 6.07) is 3.57. The third-order valence-electron chi connectivity index (χ3n) is 2.24. The SMILES string of the molecule is COC(=O)C(N)CSCC(=O)Nc1ccc(Br)cc1F. The van der Waals surface area contributed by atoms with Crippen LogP contribution in [-0.2, 0) is 14.3 Å².